The van der Waals surface area contributed by atoms with Crippen LogP contribution in [-0.2, 0) is 6.54 Å². The zero-order chi connectivity index (χ0) is 12.4. The summed E-state index contributed by atoms with van der Waals surface area (Å²) in [6, 6.07) is 7.81. The van der Waals surface area contributed by atoms with Crippen molar-refractivity contribution in [3.05, 3.63) is 34.6 Å². The fourth-order valence-electron chi connectivity index (χ4n) is 2.10. The zero-order valence-electron chi connectivity index (χ0n) is 10.5. The Kier molecular flexibility index (Phi) is 3.64. The summed E-state index contributed by atoms with van der Waals surface area (Å²) in [6.45, 7) is 3.98. The molecular weight excluding hydrogens is 232 g/mol. The second kappa shape index (κ2) is 5.02. The summed E-state index contributed by atoms with van der Waals surface area (Å²) in [4.78, 5) is 14.3. The molecule has 0 bridgehead atoms. The quantitative estimate of drug-likeness (QED) is 0.831. The third kappa shape index (κ3) is 2.76. The number of nitrogens with zero attached hydrogens (tertiary/aromatic N) is 2. The minimum absolute atomic E-state index is 0.149. The number of rotatable bonds is 4. The van der Waals surface area contributed by atoms with E-state index in [1.165, 1.54) is 0 Å². The molecule has 17 heavy (non-hydrogen) atoms. The lowest BCUT2D eigenvalue weighted by Crippen LogP contribution is -2.25. The first-order valence-corrected chi connectivity index (χ1v) is 6.59. The van der Waals surface area contributed by atoms with Crippen LogP contribution in [-0.4, -0.2) is 29.5 Å². The summed E-state index contributed by atoms with van der Waals surface area (Å²) in [5.74, 6) is 0.482. The molecule has 0 saturated carbocycles. The molecule has 4 heteroatoms. The molecule has 0 N–H and O–H groups in total. The number of hydrogen-bond donors (Lipinski definition) is 0. The van der Waals surface area contributed by atoms with Crippen LogP contribution in [0.15, 0.2) is 29.1 Å². The smallest absolute Gasteiger partial charge is 0.268 e. The molecule has 1 atom stereocenters. The van der Waals surface area contributed by atoms with Crippen molar-refractivity contribution in [3.8, 4) is 0 Å². The number of fused-ring (bicyclic) bond motifs is 1. The SMILES string of the molecule is CC(CN(C)C)Cn1sc2ccccc2c1=O. The molecule has 92 valence electrons. The maximum Gasteiger partial charge on any atom is 0.268 e. The summed E-state index contributed by atoms with van der Waals surface area (Å²) in [6.07, 6.45) is 0. The molecule has 1 aromatic heterocycles. The summed E-state index contributed by atoms with van der Waals surface area (Å²) in [7, 11) is 4.12. The molecular formula is C13H18N2OS. The van der Waals surface area contributed by atoms with E-state index >= 15 is 0 Å². The van der Waals surface area contributed by atoms with Crippen molar-refractivity contribution in [2.24, 2.45) is 5.92 Å². The molecule has 0 aliphatic rings. The van der Waals surface area contributed by atoms with Gasteiger partial charge in [0, 0.05) is 13.1 Å². The van der Waals surface area contributed by atoms with Gasteiger partial charge < -0.3 is 4.90 Å². The van der Waals surface area contributed by atoms with Crippen LogP contribution in [0.2, 0.25) is 0 Å². The van der Waals surface area contributed by atoms with Gasteiger partial charge in [-0.15, -0.1) is 0 Å². The van der Waals surface area contributed by atoms with Crippen LogP contribution in [0.1, 0.15) is 6.92 Å². The van der Waals surface area contributed by atoms with Gasteiger partial charge in [0.2, 0.25) is 0 Å². The Labute approximate surface area is 105 Å². The van der Waals surface area contributed by atoms with Gasteiger partial charge in [-0.2, -0.15) is 0 Å². The fraction of sp³-hybridized carbons (Fsp3) is 0.462. The lowest BCUT2D eigenvalue weighted by atomic mass is 10.2. The monoisotopic (exact) mass is 250 g/mol. The predicted octanol–water partition coefficient (Wildman–Crippen LogP) is 2.26. The molecule has 3 nitrogen and oxygen atoms in total. The van der Waals surface area contributed by atoms with E-state index in [9.17, 15) is 4.79 Å². The molecule has 0 aliphatic carbocycles. The first-order chi connectivity index (χ1) is 8.08. The highest BCUT2D eigenvalue weighted by Crippen LogP contribution is 2.17. The average Bonchev–Trinajstić information content (AvgIpc) is 2.55. The van der Waals surface area contributed by atoms with E-state index in [0.29, 0.717) is 5.92 Å². The van der Waals surface area contributed by atoms with Gasteiger partial charge in [0.1, 0.15) is 0 Å². The van der Waals surface area contributed by atoms with E-state index < -0.39 is 0 Å². The summed E-state index contributed by atoms with van der Waals surface area (Å²) in [5.41, 5.74) is 0.149. The molecule has 0 spiro atoms. The van der Waals surface area contributed by atoms with Gasteiger partial charge in [0.05, 0.1) is 10.1 Å². The van der Waals surface area contributed by atoms with Gasteiger partial charge in [0.15, 0.2) is 0 Å². The summed E-state index contributed by atoms with van der Waals surface area (Å²) < 4.78 is 2.95. The molecule has 2 rings (SSSR count). The Balaban J connectivity index is 2.25. The maximum atomic E-state index is 12.1. The second-order valence-corrected chi connectivity index (χ2v) is 5.88. The molecule has 0 fully saturated rings. The first-order valence-electron chi connectivity index (χ1n) is 5.81. The van der Waals surface area contributed by atoms with Gasteiger partial charge in [-0.1, -0.05) is 30.6 Å². The van der Waals surface area contributed by atoms with Crippen molar-refractivity contribution in [2.75, 3.05) is 20.6 Å². The molecule has 0 amide bonds. The average molecular weight is 250 g/mol. The Morgan fingerprint density at radius 3 is 2.71 bits per heavy atom. The van der Waals surface area contributed by atoms with Crippen LogP contribution >= 0.6 is 11.5 Å². The van der Waals surface area contributed by atoms with Gasteiger partial charge in [-0.3, -0.25) is 8.75 Å². The van der Waals surface area contributed by atoms with Crippen molar-refractivity contribution >= 4 is 21.6 Å². The van der Waals surface area contributed by atoms with E-state index in [-0.39, 0.29) is 5.56 Å². The topological polar surface area (TPSA) is 25.2 Å². The minimum atomic E-state index is 0.149. The highest BCUT2D eigenvalue weighted by molar-refractivity contribution is 7.13. The van der Waals surface area contributed by atoms with Gasteiger partial charge in [0.25, 0.3) is 5.56 Å². The van der Waals surface area contributed by atoms with Crippen LogP contribution in [0, 0.1) is 5.92 Å². The Hall–Kier alpha value is -1.13. The highest BCUT2D eigenvalue weighted by atomic mass is 32.1. The summed E-state index contributed by atoms with van der Waals surface area (Å²) in [5, 5.41) is 0.842. The molecule has 1 aromatic carbocycles. The Bertz CT molecular complexity index is 556. The van der Waals surface area contributed by atoms with Crippen molar-refractivity contribution in [1.82, 2.24) is 8.86 Å². The number of aromatic nitrogens is 1. The van der Waals surface area contributed by atoms with Crippen LogP contribution in [0.3, 0.4) is 0 Å². The molecule has 1 heterocycles. The molecule has 2 aromatic rings. The van der Waals surface area contributed by atoms with Crippen LogP contribution in [0.5, 0.6) is 0 Å². The second-order valence-electron chi connectivity index (χ2n) is 4.82. The zero-order valence-corrected chi connectivity index (χ0v) is 11.3. The van der Waals surface area contributed by atoms with Crippen LogP contribution in [0.4, 0.5) is 0 Å². The van der Waals surface area contributed by atoms with Gasteiger partial charge in [-0.25, -0.2) is 0 Å². The lowest BCUT2D eigenvalue weighted by molar-refractivity contribution is 0.319. The van der Waals surface area contributed by atoms with Crippen molar-refractivity contribution < 1.29 is 0 Å². The summed E-state index contributed by atoms with van der Waals surface area (Å²) >= 11 is 1.56. The number of benzene rings is 1. The van der Waals surface area contributed by atoms with Crippen LogP contribution < -0.4 is 5.56 Å². The normalized spacial score (nSPS) is 13.4. The lowest BCUT2D eigenvalue weighted by Gasteiger charge is -2.16. The minimum Gasteiger partial charge on any atom is -0.309 e. The van der Waals surface area contributed by atoms with Crippen molar-refractivity contribution in [2.45, 2.75) is 13.5 Å². The predicted molar refractivity (Wildman–Crippen MR) is 73.8 cm³/mol. The largest absolute Gasteiger partial charge is 0.309 e. The Morgan fingerprint density at radius 2 is 2.06 bits per heavy atom. The van der Waals surface area contributed by atoms with Crippen LogP contribution in [0.25, 0.3) is 10.1 Å². The third-order valence-electron chi connectivity index (χ3n) is 2.71. The standard InChI is InChI=1S/C13H18N2OS/c1-10(8-14(2)3)9-15-13(16)11-6-4-5-7-12(11)17-15/h4-7,10H,8-9H2,1-3H3. The fourth-order valence-corrected chi connectivity index (χ4v) is 3.24. The van der Waals surface area contributed by atoms with E-state index in [0.717, 1.165) is 23.2 Å². The highest BCUT2D eigenvalue weighted by Gasteiger charge is 2.10. The van der Waals surface area contributed by atoms with Gasteiger partial charge in [-0.05, 0) is 32.1 Å². The van der Waals surface area contributed by atoms with E-state index in [4.69, 9.17) is 0 Å². The van der Waals surface area contributed by atoms with Gasteiger partial charge >= 0.3 is 0 Å². The molecule has 0 saturated heterocycles. The molecule has 1 unspecified atom stereocenters. The van der Waals surface area contributed by atoms with E-state index in [2.05, 4.69) is 25.9 Å². The molecule has 0 radical (unpaired) electrons. The van der Waals surface area contributed by atoms with E-state index in [1.807, 2.05) is 28.2 Å². The third-order valence-corrected chi connectivity index (χ3v) is 3.79. The van der Waals surface area contributed by atoms with Crippen molar-refractivity contribution in [1.29, 1.82) is 0 Å². The van der Waals surface area contributed by atoms with Crippen molar-refractivity contribution in [3.63, 3.8) is 0 Å². The Morgan fingerprint density at radius 1 is 1.35 bits per heavy atom. The maximum absolute atomic E-state index is 12.1. The number of hydrogen-bond acceptors (Lipinski definition) is 3. The molecule has 0 aliphatic heterocycles. The first kappa shape index (κ1) is 12.3. The van der Waals surface area contributed by atoms with E-state index in [1.54, 1.807) is 11.5 Å².